The highest BCUT2D eigenvalue weighted by atomic mass is 16.5. The number of morpholine rings is 1. The Morgan fingerprint density at radius 3 is 2.78 bits per heavy atom. The van der Waals surface area contributed by atoms with Gasteiger partial charge in [-0.3, -0.25) is 14.5 Å². The maximum Gasteiger partial charge on any atom is 0.244 e. The zero-order valence-electron chi connectivity index (χ0n) is 14.2. The first kappa shape index (κ1) is 18.2. The number of carbonyl (C=O) groups is 2. The SMILES string of the molecule is CCCCC(=O)N1CCNCC1C(=O)NCCN1CCOCC1. The first-order chi connectivity index (χ1) is 11.2. The molecule has 1 unspecified atom stereocenters. The van der Waals surface area contributed by atoms with Crippen LogP contribution in [0.4, 0.5) is 0 Å². The van der Waals surface area contributed by atoms with E-state index in [1.54, 1.807) is 4.90 Å². The zero-order valence-corrected chi connectivity index (χ0v) is 14.2. The third-order valence-electron chi connectivity index (χ3n) is 4.44. The van der Waals surface area contributed by atoms with E-state index in [4.69, 9.17) is 4.74 Å². The summed E-state index contributed by atoms with van der Waals surface area (Å²) in [6.45, 7) is 8.80. The van der Waals surface area contributed by atoms with Crippen LogP contribution in [0.15, 0.2) is 0 Å². The first-order valence-electron chi connectivity index (χ1n) is 8.80. The molecule has 0 aromatic heterocycles. The number of unbranched alkanes of at least 4 members (excludes halogenated alkanes) is 1. The number of hydrogen-bond donors (Lipinski definition) is 2. The van der Waals surface area contributed by atoms with Crippen molar-refractivity contribution in [3.05, 3.63) is 0 Å². The minimum absolute atomic E-state index is 0.0460. The molecule has 0 bridgehead atoms. The van der Waals surface area contributed by atoms with Crippen LogP contribution in [0.25, 0.3) is 0 Å². The average molecular weight is 326 g/mol. The quantitative estimate of drug-likeness (QED) is 0.655. The second-order valence-corrected chi connectivity index (χ2v) is 6.16. The van der Waals surface area contributed by atoms with E-state index in [9.17, 15) is 9.59 Å². The number of ether oxygens (including phenoxy) is 1. The van der Waals surface area contributed by atoms with E-state index in [1.807, 2.05) is 0 Å². The lowest BCUT2D eigenvalue weighted by atomic mass is 10.1. The molecule has 0 saturated carbocycles. The standard InChI is InChI=1S/C16H30N4O3/c1-2-3-4-15(21)20-8-5-17-13-14(20)16(22)18-6-7-19-9-11-23-12-10-19/h14,17H,2-13H2,1H3,(H,18,22). The molecule has 2 amide bonds. The molecule has 2 fully saturated rings. The van der Waals surface area contributed by atoms with Crippen molar-refractivity contribution in [2.24, 2.45) is 0 Å². The molecule has 2 rings (SSSR count). The van der Waals surface area contributed by atoms with Gasteiger partial charge in [-0.1, -0.05) is 13.3 Å². The molecule has 0 spiro atoms. The van der Waals surface area contributed by atoms with Gasteiger partial charge in [-0.05, 0) is 6.42 Å². The van der Waals surface area contributed by atoms with Crippen molar-refractivity contribution in [3.63, 3.8) is 0 Å². The number of hydrogen-bond acceptors (Lipinski definition) is 5. The molecule has 2 aliphatic heterocycles. The van der Waals surface area contributed by atoms with Crippen molar-refractivity contribution in [3.8, 4) is 0 Å². The number of rotatable bonds is 7. The Morgan fingerprint density at radius 2 is 2.04 bits per heavy atom. The maximum atomic E-state index is 12.4. The van der Waals surface area contributed by atoms with Crippen molar-refractivity contribution in [2.75, 3.05) is 59.0 Å². The number of nitrogens with zero attached hydrogens (tertiary/aromatic N) is 2. The highest BCUT2D eigenvalue weighted by Gasteiger charge is 2.31. The van der Waals surface area contributed by atoms with Gasteiger partial charge in [0.1, 0.15) is 6.04 Å². The van der Waals surface area contributed by atoms with E-state index in [1.165, 1.54) is 0 Å². The van der Waals surface area contributed by atoms with E-state index >= 15 is 0 Å². The van der Waals surface area contributed by atoms with Gasteiger partial charge in [0.05, 0.1) is 13.2 Å². The lowest BCUT2D eigenvalue weighted by Crippen LogP contribution is -2.60. The Hall–Kier alpha value is -1.18. The molecule has 132 valence electrons. The van der Waals surface area contributed by atoms with Gasteiger partial charge in [-0.2, -0.15) is 0 Å². The second kappa shape index (κ2) is 9.85. The van der Waals surface area contributed by atoms with Gasteiger partial charge in [0, 0.05) is 52.2 Å². The largest absolute Gasteiger partial charge is 0.379 e. The van der Waals surface area contributed by atoms with Crippen LogP contribution in [0, 0.1) is 0 Å². The highest BCUT2D eigenvalue weighted by molar-refractivity contribution is 5.88. The van der Waals surface area contributed by atoms with Crippen LogP contribution in [0.2, 0.25) is 0 Å². The first-order valence-corrected chi connectivity index (χ1v) is 8.80. The molecule has 0 aromatic carbocycles. The van der Waals surface area contributed by atoms with Crippen LogP contribution < -0.4 is 10.6 Å². The summed E-state index contributed by atoms with van der Waals surface area (Å²) in [4.78, 5) is 28.8. The minimum Gasteiger partial charge on any atom is -0.379 e. The lowest BCUT2D eigenvalue weighted by Gasteiger charge is -2.35. The summed E-state index contributed by atoms with van der Waals surface area (Å²) < 4.78 is 5.31. The van der Waals surface area contributed by atoms with E-state index in [-0.39, 0.29) is 17.9 Å². The van der Waals surface area contributed by atoms with Crippen LogP contribution in [0.3, 0.4) is 0 Å². The van der Waals surface area contributed by atoms with Crippen LogP contribution in [0.1, 0.15) is 26.2 Å². The monoisotopic (exact) mass is 326 g/mol. The van der Waals surface area contributed by atoms with Crippen LogP contribution in [-0.4, -0.2) is 86.7 Å². The second-order valence-electron chi connectivity index (χ2n) is 6.16. The summed E-state index contributed by atoms with van der Waals surface area (Å²) in [6, 6.07) is -0.377. The fraction of sp³-hybridized carbons (Fsp3) is 0.875. The molecule has 0 aromatic rings. The van der Waals surface area contributed by atoms with Gasteiger partial charge in [-0.15, -0.1) is 0 Å². The van der Waals surface area contributed by atoms with Gasteiger partial charge in [0.2, 0.25) is 11.8 Å². The van der Waals surface area contributed by atoms with E-state index in [0.29, 0.717) is 26.1 Å². The molecule has 0 aliphatic carbocycles. The highest BCUT2D eigenvalue weighted by Crippen LogP contribution is 2.08. The molecule has 7 nitrogen and oxygen atoms in total. The van der Waals surface area contributed by atoms with Crippen molar-refractivity contribution in [1.29, 1.82) is 0 Å². The summed E-state index contributed by atoms with van der Waals surface area (Å²) >= 11 is 0. The fourth-order valence-corrected chi connectivity index (χ4v) is 2.99. The van der Waals surface area contributed by atoms with Crippen molar-refractivity contribution >= 4 is 11.8 Å². The number of carbonyl (C=O) groups excluding carboxylic acids is 2. The lowest BCUT2D eigenvalue weighted by molar-refractivity contribution is -0.141. The molecular weight excluding hydrogens is 296 g/mol. The third-order valence-corrected chi connectivity index (χ3v) is 4.44. The van der Waals surface area contributed by atoms with Gasteiger partial charge in [0.15, 0.2) is 0 Å². The molecule has 2 heterocycles. The fourth-order valence-electron chi connectivity index (χ4n) is 2.99. The predicted molar refractivity (Wildman–Crippen MR) is 88.2 cm³/mol. The summed E-state index contributed by atoms with van der Waals surface area (Å²) in [6.07, 6.45) is 2.41. The topological polar surface area (TPSA) is 73.9 Å². The molecule has 0 radical (unpaired) electrons. The molecule has 2 saturated heterocycles. The Kier molecular flexibility index (Phi) is 7.78. The molecule has 1 atom stereocenters. The van der Waals surface area contributed by atoms with Gasteiger partial charge < -0.3 is 20.3 Å². The number of nitrogens with one attached hydrogen (secondary N) is 2. The van der Waals surface area contributed by atoms with Crippen molar-refractivity contribution in [2.45, 2.75) is 32.2 Å². The van der Waals surface area contributed by atoms with Gasteiger partial charge in [0.25, 0.3) is 0 Å². The van der Waals surface area contributed by atoms with Gasteiger partial charge in [-0.25, -0.2) is 0 Å². The third kappa shape index (κ3) is 5.75. The molecule has 2 aliphatic rings. The minimum atomic E-state index is -0.377. The predicted octanol–water partition coefficient (Wildman–Crippen LogP) is -0.575. The van der Waals surface area contributed by atoms with E-state index in [0.717, 1.165) is 52.2 Å². The zero-order chi connectivity index (χ0) is 16.5. The summed E-state index contributed by atoms with van der Waals surface area (Å²) in [5.41, 5.74) is 0. The summed E-state index contributed by atoms with van der Waals surface area (Å²) in [5, 5.41) is 6.20. The molecule has 2 N–H and O–H groups in total. The van der Waals surface area contributed by atoms with Crippen molar-refractivity contribution in [1.82, 2.24) is 20.4 Å². The smallest absolute Gasteiger partial charge is 0.244 e. The molecular formula is C16H30N4O3. The van der Waals surface area contributed by atoms with Gasteiger partial charge >= 0.3 is 0 Å². The molecule has 7 heteroatoms. The number of amides is 2. The van der Waals surface area contributed by atoms with Crippen LogP contribution >= 0.6 is 0 Å². The Balaban J connectivity index is 1.76. The summed E-state index contributed by atoms with van der Waals surface area (Å²) in [7, 11) is 0. The Bertz CT molecular complexity index is 386. The van der Waals surface area contributed by atoms with Crippen LogP contribution in [-0.2, 0) is 14.3 Å². The average Bonchev–Trinajstić information content (AvgIpc) is 2.60. The number of piperazine rings is 1. The van der Waals surface area contributed by atoms with E-state index < -0.39 is 0 Å². The summed E-state index contributed by atoms with van der Waals surface area (Å²) in [5.74, 6) is 0.0528. The Labute approximate surface area is 138 Å². The van der Waals surface area contributed by atoms with Crippen LogP contribution in [0.5, 0.6) is 0 Å². The molecule has 23 heavy (non-hydrogen) atoms. The van der Waals surface area contributed by atoms with E-state index in [2.05, 4.69) is 22.5 Å². The normalized spacial score (nSPS) is 22.8. The Morgan fingerprint density at radius 1 is 1.26 bits per heavy atom. The van der Waals surface area contributed by atoms with Crippen molar-refractivity contribution < 1.29 is 14.3 Å². The maximum absolute atomic E-state index is 12.4.